The summed E-state index contributed by atoms with van der Waals surface area (Å²) in [5, 5.41) is 34.3. The van der Waals surface area contributed by atoms with Crippen LogP contribution in [0.3, 0.4) is 0 Å². The van der Waals surface area contributed by atoms with Crippen LogP contribution in [0.4, 0.5) is 0 Å². The molecule has 13 heteroatoms. The van der Waals surface area contributed by atoms with Gasteiger partial charge in [0.1, 0.15) is 24.2 Å². The Labute approximate surface area is 186 Å². The van der Waals surface area contributed by atoms with Crippen LogP contribution in [0.15, 0.2) is 0 Å². The van der Waals surface area contributed by atoms with Crippen molar-refractivity contribution in [2.75, 3.05) is 13.2 Å². The zero-order chi connectivity index (χ0) is 24.8. The smallest absolute Gasteiger partial charge is 0.326 e. The highest BCUT2D eigenvalue weighted by Crippen LogP contribution is 2.07. The van der Waals surface area contributed by atoms with Crippen molar-refractivity contribution in [1.82, 2.24) is 16.0 Å². The molecule has 184 valence electrons. The van der Waals surface area contributed by atoms with Crippen LogP contribution in [0, 0.1) is 5.92 Å². The van der Waals surface area contributed by atoms with Gasteiger partial charge in [-0.15, -0.1) is 0 Å². The zero-order valence-corrected chi connectivity index (χ0v) is 18.4. The Morgan fingerprint density at radius 2 is 1.38 bits per heavy atom. The molecule has 0 aliphatic heterocycles. The normalized spacial score (nSPS) is 14.7. The third-order valence-corrected chi connectivity index (χ3v) is 4.45. The molecule has 4 unspecified atom stereocenters. The molecule has 0 fully saturated rings. The van der Waals surface area contributed by atoms with Gasteiger partial charge in [-0.2, -0.15) is 0 Å². The van der Waals surface area contributed by atoms with Crippen molar-refractivity contribution in [1.29, 1.82) is 0 Å². The number of carbonyl (C=O) groups is 5. The minimum Gasteiger partial charge on any atom is -0.481 e. The molecule has 0 spiro atoms. The van der Waals surface area contributed by atoms with Crippen molar-refractivity contribution in [2.24, 2.45) is 17.4 Å². The van der Waals surface area contributed by atoms with Crippen LogP contribution in [0.1, 0.15) is 46.0 Å². The van der Waals surface area contributed by atoms with Crippen LogP contribution in [0.2, 0.25) is 0 Å². The second kappa shape index (κ2) is 15.1. The van der Waals surface area contributed by atoms with Crippen molar-refractivity contribution in [3.63, 3.8) is 0 Å². The Hall–Kier alpha value is -2.77. The molecule has 0 saturated heterocycles. The quantitative estimate of drug-likeness (QED) is 0.112. The van der Waals surface area contributed by atoms with E-state index in [0.29, 0.717) is 19.4 Å². The van der Waals surface area contributed by atoms with Gasteiger partial charge in [-0.3, -0.25) is 19.2 Å². The lowest BCUT2D eigenvalue weighted by atomic mass is 10.0. The fourth-order valence-corrected chi connectivity index (χ4v) is 2.74. The summed E-state index contributed by atoms with van der Waals surface area (Å²) in [4.78, 5) is 59.9. The molecule has 10 N–H and O–H groups in total. The number of amides is 3. The van der Waals surface area contributed by atoms with Crippen molar-refractivity contribution >= 4 is 29.7 Å². The molecule has 0 rings (SSSR count). The second-order valence-electron chi connectivity index (χ2n) is 7.82. The molecule has 0 bridgehead atoms. The molecule has 0 aromatic heterocycles. The molecule has 13 nitrogen and oxygen atoms in total. The number of aliphatic carboxylic acids is 2. The summed E-state index contributed by atoms with van der Waals surface area (Å²) in [5.41, 5.74) is 10.9. The van der Waals surface area contributed by atoms with Gasteiger partial charge in [-0.1, -0.05) is 13.8 Å². The second-order valence-corrected chi connectivity index (χ2v) is 7.82. The van der Waals surface area contributed by atoms with Crippen LogP contribution >= 0.6 is 0 Å². The molecule has 0 aliphatic carbocycles. The highest BCUT2D eigenvalue weighted by molar-refractivity contribution is 5.95. The van der Waals surface area contributed by atoms with Crippen LogP contribution in [0.5, 0.6) is 0 Å². The van der Waals surface area contributed by atoms with E-state index >= 15 is 0 Å². The monoisotopic (exact) mass is 461 g/mol. The van der Waals surface area contributed by atoms with Gasteiger partial charge in [0.2, 0.25) is 17.7 Å². The number of hydrogen-bond donors (Lipinski definition) is 8. The van der Waals surface area contributed by atoms with Crippen LogP contribution < -0.4 is 27.4 Å². The van der Waals surface area contributed by atoms with Crippen molar-refractivity contribution < 1.29 is 39.3 Å². The number of aliphatic hydroxyl groups is 1. The lowest BCUT2D eigenvalue weighted by Crippen LogP contribution is -2.57. The minimum absolute atomic E-state index is 0.0678. The number of hydrogen-bond acceptors (Lipinski definition) is 8. The highest BCUT2D eigenvalue weighted by atomic mass is 16.4. The Balaban J connectivity index is 5.46. The molecular weight excluding hydrogens is 426 g/mol. The SMILES string of the molecule is CC(C)CC(NC(=O)C(CC(=O)O)NC(=O)C(CCCCN)NC(=O)C(N)CO)C(=O)O. The number of aliphatic hydroxyl groups excluding tert-OH is 1. The summed E-state index contributed by atoms with van der Waals surface area (Å²) in [6, 6.07) is -5.28. The predicted octanol–water partition coefficient (Wildman–Crippen LogP) is -2.51. The average Bonchev–Trinajstić information content (AvgIpc) is 2.70. The molecule has 3 amide bonds. The van der Waals surface area contributed by atoms with Gasteiger partial charge in [-0.05, 0) is 38.1 Å². The zero-order valence-electron chi connectivity index (χ0n) is 18.4. The van der Waals surface area contributed by atoms with E-state index in [1.807, 2.05) is 0 Å². The van der Waals surface area contributed by atoms with Crippen molar-refractivity contribution in [3.05, 3.63) is 0 Å². The van der Waals surface area contributed by atoms with Gasteiger partial charge < -0.3 is 42.7 Å². The lowest BCUT2D eigenvalue weighted by molar-refractivity contribution is -0.144. The van der Waals surface area contributed by atoms with Gasteiger partial charge in [-0.25, -0.2) is 4.79 Å². The maximum absolute atomic E-state index is 12.7. The lowest BCUT2D eigenvalue weighted by Gasteiger charge is -2.24. The summed E-state index contributed by atoms with van der Waals surface area (Å²) in [5.74, 6) is -5.39. The first-order valence-electron chi connectivity index (χ1n) is 10.3. The number of carbonyl (C=O) groups excluding carboxylic acids is 3. The number of carboxylic acids is 2. The van der Waals surface area contributed by atoms with Gasteiger partial charge >= 0.3 is 11.9 Å². The third-order valence-electron chi connectivity index (χ3n) is 4.45. The summed E-state index contributed by atoms with van der Waals surface area (Å²) in [6.07, 6.45) is 0.408. The molecule has 0 aromatic carbocycles. The van der Waals surface area contributed by atoms with Crippen molar-refractivity contribution in [3.8, 4) is 0 Å². The topological polar surface area (TPSA) is 234 Å². The summed E-state index contributed by atoms with van der Waals surface area (Å²) >= 11 is 0. The maximum Gasteiger partial charge on any atom is 0.326 e. The van der Waals surface area contributed by atoms with E-state index in [1.165, 1.54) is 0 Å². The number of carboxylic acid groups (broad SMARTS) is 2. The molecule has 32 heavy (non-hydrogen) atoms. The van der Waals surface area contributed by atoms with E-state index in [1.54, 1.807) is 13.8 Å². The van der Waals surface area contributed by atoms with Crippen LogP contribution in [0.25, 0.3) is 0 Å². The molecule has 4 atom stereocenters. The van der Waals surface area contributed by atoms with E-state index in [2.05, 4.69) is 16.0 Å². The third kappa shape index (κ3) is 11.6. The van der Waals surface area contributed by atoms with Gasteiger partial charge in [0.25, 0.3) is 0 Å². The summed E-state index contributed by atoms with van der Waals surface area (Å²) < 4.78 is 0. The predicted molar refractivity (Wildman–Crippen MR) is 113 cm³/mol. The Morgan fingerprint density at radius 1 is 0.844 bits per heavy atom. The number of nitrogens with one attached hydrogen (secondary N) is 3. The maximum atomic E-state index is 12.7. The molecular formula is C19H35N5O8. The minimum atomic E-state index is -1.57. The van der Waals surface area contributed by atoms with E-state index in [0.717, 1.165) is 0 Å². The average molecular weight is 462 g/mol. The Bertz CT molecular complexity index is 658. The van der Waals surface area contributed by atoms with Gasteiger partial charge in [0.15, 0.2) is 0 Å². The molecule has 0 aliphatic rings. The Kier molecular flexibility index (Phi) is 13.8. The first kappa shape index (κ1) is 29.2. The van der Waals surface area contributed by atoms with Crippen LogP contribution in [-0.4, -0.2) is 82.3 Å². The fourth-order valence-electron chi connectivity index (χ4n) is 2.74. The largest absolute Gasteiger partial charge is 0.481 e. The van der Waals surface area contributed by atoms with E-state index in [4.69, 9.17) is 21.7 Å². The van der Waals surface area contributed by atoms with Crippen LogP contribution in [-0.2, 0) is 24.0 Å². The summed E-state index contributed by atoms with van der Waals surface area (Å²) in [7, 11) is 0. The van der Waals surface area contributed by atoms with E-state index < -0.39 is 66.9 Å². The van der Waals surface area contributed by atoms with Crippen molar-refractivity contribution in [2.45, 2.75) is 70.1 Å². The molecule has 0 saturated carbocycles. The first-order chi connectivity index (χ1) is 14.9. The standard InChI is InChI=1S/C19H35N5O8/c1-10(2)7-14(19(31)32)24-18(30)13(8-15(26)27)23-17(29)12(5-3-4-6-20)22-16(28)11(21)9-25/h10-14,25H,3-9,20-21H2,1-2H3,(H,22,28)(H,23,29)(H,24,30)(H,26,27)(H,31,32). The molecule has 0 radical (unpaired) electrons. The fraction of sp³-hybridized carbons (Fsp3) is 0.737. The number of unbranched alkanes of at least 4 members (excludes halogenated alkanes) is 1. The van der Waals surface area contributed by atoms with E-state index in [-0.39, 0.29) is 18.8 Å². The highest BCUT2D eigenvalue weighted by Gasteiger charge is 2.31. The molecule has 0 aromatic rings. The summed E-state index contributed by atoms with van der Waals surface area (Å²) in [6.45, 7) is 3.20. The molecule has 0 heterocycles. The first-order valence-corrected chi connectivity index (χ1v) is 10.3. The van der Waals surface area contributed by atoms with Gasteiger partial charge in [0.05, 0.1) is 13.0 Å². The van der Waals surface area contributed by atoms with E-state index in [9.17, 15) is 29.1 Å². The number of nitrogens with two attached hydrogens (primary N) is 2. The number of rotatable bonds is 16. The van der Waals surface area contributed by atoms with Gasteiger partial charge in [0, 0.05) is 0 Å². The Morgan fingerprint density at radius 3 is 1.84 bits per heavy atom.